The molecular formula is C12H18OS. The van der Waals surface area contributed by atoms with Crippen LogP contribution >= 0.6 is 11.3 Å². The molecule has 2 heteroatoms. The number of thiophene rings is 1. The van der Waals surface area contributed by atoms with Crippen LogP contribution in [-0.4, -0.2) is 5.11 Å². The molecule has 2 rings (SSSR count). The summed E-state index contributed by atoms with van der Waals surface area (Å²) >= 11 is 1.67. The Labute approximate surface area is 89.8 Å². The van der Waals surface area contributed by atoms with Crippen molar-refractivity contribution < 1.29 is 5.11 Å². The monoisotopic (exact) mass is 210 g/mol. The van der Waals surface area contributed by atoms with Crippen molar-refractivity contribution in [1.82, 2.24) is 0 Å². The molecule has 1 unspecified atom stereocenters. The van der Waals surface area contributed by atoms with Crippen molar-refractivity contribution >= 4 is 11.3 Å². The van der Waals surface area contributed by atoms with Gasteiger partial charge in [0.2, 0.25) is 0 Å². The van der Waals surface area contributed by atoms with E-state index in [1.807, 2.05) is 11.4 Å². The Kier molecular flexibility index (Phi) is 3.60. The van der Waals surface area contributed by atoms with E-state index in [4.69, 9.17) is 0 Å². The first-order valence-electron chi connectivity index (χ1n) is 5.56. The van der Waals surface area contributed by atoms with Crippen molar-refractivity contribution in [2.45, 2.75) is 44.6 Å². The Balaban J connectivity index is 1.74. The van der Waals surface area contributed by atoms with Gasteiger partial charge in [-0.3, -0.25) is 0 Å². The molecule has 1 aromatic rings. The summed E-state index contributed by atoms with van der Waals surface area (Å²) in [5.41, 5.74) is 1.10. The maximum Gasteiger partial charge on any atom is 0.0798 e. The minimum atomic E-state index is -0.221. The van der Waals surface area contributed by atoms with E-state index in [0.29, 0.717) is 0 Å². The highest BCUT2D eigenvalue weighted by Gasteiger charge is 2.17. The molecule has 1 nitrogen and oxygen atoms in total. The van der Waals surface area contributed by atoms with Gasteiger partial charge in [0, 0.05) is 0 Å². The number of hydrogen-bond donors (Lipinski definition) is 1. The van der Waals surface area contributed by atoms with Crippen LogP contribution in [0.4, 0.5) is 0 Å². The number of aliphatic hydroxyl groups is 1. The van der Waals surface area contributed by atoms with Crippen LogP contribution in [0.15, 0.2) is 16.8 Å². The Bertz CT molecular complexity index is 249. The van der Waals surface area contributed by atoms with Crippen LogP contribution in [0.3, 0.4) is 0 Å². The molecule has 1 aliphatic carbocycles. The molecule has 0 bridgehead atoms. The summed E-state index contributed by atoms with van der Waals surface area (Å²) in [4.78, 5) is 0. The largest absolute Gasteiger partial charge is 0.388 e. The summed E-state index contributed by atoms with van der Waals surface area (Å²) in [5, 5.41) is 14.0. The molecule has 0 amide bonds. The number of aliphatic hydroxyl groups excluding tert-OH is 1. The maximum atomic E-state index is 9.88. The maximum absolute atomic E-state index is 9.88. The van der Waals surface area contributed by atoms with Crippen LogP contribution in [0.1, 0.15) is 50.2 Å². The third kappa shape index (κ3) is 2.58. The standard InChI is InChI=1S/C12H18OS/c13-12(11-7-8-14-9-11)6-5-10-3-1-2-4-10/h7-10,12-13H,1-6H2. The van der Waals surface area contributed by atoms with E-state index in [-0.39, 0.29) is 6.10 Å². The minimum Gasteiger partial charge on any atom is -0.388 e. The number of rotatable bonds is 4. The molecule has 0 aromatic carbocycles. The summed E-state index contributed by atoms with van der Waals surface area (Å²) in [7, 11) is 0. The molecule has 0 saturated heterocycles. The van der Waals surface area contributed by atoms with E-state index >= 15 is 0 Å². The van der Waals surface area contributed by atoms with Gasteiger partial charge in [-0.2, -0.15) is 11.3 Å². The van der Waals surface area contributed by atoms with E-state index in [1.165, 1.54) is 32.1 Å². The van der Waals surface area contributed by atoms with Gasteiger partial charge in [0.1, 0.15) is 0 Å². The molecule has 0 spiro atoms. The van der Waals surface area contributed by atoms with Crippen LogP contribution < -0.4 is 0 Å². The fraction of sp³-hybridized carbons (Fsp3) is 0.667. The third-order valence-corrected chi connectivity index (χ3v) is 3.95. The predicted molar refractivity (Wildman–Crippen MR) is 60.5 cm³/mol. The first-order chi connectivity index (χ1) is 6.86. The average Bonchev–Trinajstić information content (AvgIpc) is 2.87. The van der Waals surface area contributed by atoms with Crippen LogP contribution in [0.5, 0.6) is 0 Å². The van der Waals surface area contributed by atoms with Gasteiger partial charge in [-0.05, 0) is 41.1 Å². The molecule has 1 saturated carbocycles. The van der Waals surface area contributed by atoms with Crippen LogP contribution in [0.25, 0.3) is 0 Å². The topological polar surface area (TPSA) is 20.2 Å². The zero-order valence-electron chi connectivity index (χ0n) is 8.48. The second-order valence-corrected chi connectivity index (χ2v) is 5.08. The van der Waals surface area contributed by atoms with Gasteiger partial charge in [0.25, 0.3) is 0 Å². The average molecular weight is 210 g/mol. The lowest BCUT2D eigenvalue weighted by atomic mass is 9.98. The summed E-state index contributed by atoms with van der Waals surface area (Å²) in [6.07, 6.45) is 7.51. The molecule has 14 heavy (non-hydrogen) atoms. The molecular weight excluding hydrogens is 192 g/mol. The Morgan fingerprint density at radius 2 is 2.21 bits per heavy atom. The van der Waals surface area contributed by atoms with Crippen molar-refractivity contribution in [3.8, 4) is 0 Å². The quantitative estimate of drug-likeness (QED) is 0.802. The zero-order chi connectivity index (χ0) is 9.80. The number of hydrogen-bond acceptors (Lipinski definition) is 2. The third-order valence-electron chi connectivity index (χ3n) is 3.25. The van der Waals surface area contributed by atoms with Crippen molar-refractivity contribution in [1.29, 1.82) is 0 Å². The fourth-order valence-corrected chi connectivity index (χ4v) is 3.03. The Morgan fingerprint density at radius 1 is 1.43 bits per heavy atom. The minimum absolute atomic E-state index is 0.221. The molecule has 0 aliphatic heterocycles. The smallest absolute Gasteiger partial charge is 0.0798 e. The highest BCUT2D eigenvalue weighted by Crippen LogP contribution is 2.31. The molecule has 0 radical (unpaired) electrons. The van der Waals surface area contributed by atoms with Gasteiger partial charge in [0.15, 0.2) is 0 Å². The van der Waals surface area contributed by atoms with Gasteiger partial charge >= 0.3 is 0 Å². The first kappa shape index (κ1) is 10.2. The summed E-state index contributed by atoms with van der Waals surface area (Å²) < 4.78 is 0. The van der Waals surface area contributed by atoms with Crippen molar-refractivity contribution in [2.75, 3.05) is 0 Å². The zero-order valence-corrected chi connectivity index (χ0v) is 9.30. The summed E-state index contributed by atoms with van der Waals surface area (Å²) in [6.45, 7) is 0. The molecule has 1 atom stereocenters. The van der Waals surface area contributed by atoms with Crippen molar-refractivity contribution in [2.24, 2.45) is 5.92 Å². The lowest BCUT2D eigenvalue weighted by molar-refractivity contribution is 0.157. The van der Waals surface area contributed by atoms with Gasteiger partial charge in [-0.25, -0.2) is 0 Å². The summed E-state index contributed by atoms with van der Waals surface area (Å²) in [5.74, 6) is 0.892. The van der Waals surface area contributed by atoms with Crippen molar-refractivity contribution in [3.05, 3.63) is 22.4 Å². The van der Waals surface area contributed by atoms with Gasteiger partial charge < -0.3 is 5.11 Å². The lowest BCUT2D eigenvalue weighted by Gasteiger charge is -2.12. The van der Waals surface area contributed by atoms with E-state index < -0.39 is 0 Å². The van der Waals surface area contributed by atoms with Crippen LogP contribution in [-0.2, 0) is 0 Å². The molecule has 1 aromatic heterocycles. The van der Waals surface area contributed by atoms with Gasteiger partial charge in [-0.15, -0.1) is 0 Å². The second kappa shape index (κ2) is 4.94. The normalized spacial score (nSPS) is 20.1. The lowest BCUT2D eigenvalue weighted by Crippen LogP contribution is -2.00. The molecule has 1 N–H and O–H groups in total. The van der Waals surface area contributed by atoms with E-state index in [2.05, 4.69) is 5.38 Å². The first-order valence-corrected chi connectivity index (χ1v) is 6.50. The molecule has 78 valence electrons. The van der Waals surface area contributed by atoms with Crippen molar-refractivity contribution in [3.63, 3.8) is 0 Å². The van der Waals surface area contributed by atoms with E-state index in [0.717, 1.165) is 17.9 Å². The van der Waals surface area contributed by atoms with Crippen LogP contribution in [0.2, 0.25) is 0 Å². The predicted octanol–water partition coefficient (Wildman–Crippen LogP) is 3.75. The summed E-state index contributed by atoms with van der Waals surface area (Å²) in [6, 6.07) is 2.03. The molecule has 1 aliphatic rings. The van der Waals surface area contributed by atoms with E-state index in [9.17, 15) is 5.11 Å². The Hall–Kier alpha value is -0.340. The van der Waals surface area contributed by atoms with Gasteiger partial charge in [0.05, 0.1) is 6.10 Å². The highest BCUT2D eigenvalue weighted by atomic mass is 32.1. The molecule has 1 fully saturated rings. The SMILES string of the molecule is OC(CCC1CCCC1)c1ccsc1. The second-order valence-electron chi connectivity index (χ2n) is 4.30. The van der Waals surface area contributed by atoms with E-state index in [1.54, 1.807) is 11.3 Å². The highest BCUT2D eigenvalue weighted by molar-refractivity contribution is 7.07. The Morgan fingerprint density at radius 3 is 2.86 bits per heavy atom. The van der Waals surface area contributed by atoms with Gasteiger partial charge in [-0.1, -0.05) is 25.7 Å². The fourth-order valence-electron chi connectivity index (χ4n) is 2.32. The van der Waals surface area contributed by atoms with Crippen LogP contribution in [0, 0.1) is 5.92 Å². The molecule has 1 heterocycles.